The summed E-state index contributed by atoms with van der Waals surface area (Å²) < 4.78 is 0.570. The van der Waals surface area contributed by atoms with Crippen molar-refractivity contribution in [3.8, 4) is 0 Å². The molecule has 0 saturated carbocycles. The van der Waals surface area contributed by atoms with Crippen molar-refractivity contribution in [3.63, 3.8) is 0 Å². The molecule has 0 spiro atoms. The lowest BCUT2D eigenvalue weighted by atomic mass is 9.92. The van der Waals surface area contributed by atoms with Crippen LogP contribution in [-0.2, 0) is 15.3 Å². The Hall–Kier alpha value is -1.23. The van der Waals surface area contributed by atoms with Gasteiger partial charge in [-0.25, -0.2) is 9.78 Å². The third-order valence-corrected chi connectivity index (χ3v) is 6.80. The maximum Gasteiger partial charge on any atom is 0.354 e. The zero-order valence-electron chi connectivity index (χ0n) is 11.4. The number of rotatable bonds is 5. The number of carbonyl (C=O) groups is 2. The number of carbonyl (C=O) groups excluding carboxylic acids is 1. The molecule has 4 N–H and O–H groups in total. The fourth-order valence-electron chi connectivity index (χ4n) is 2.38. The van der Waals surface area contributed by atoms with Crippen LogP contribution in [0.15, 0.2) is 15.3 Å². The minimum absolute atomic E-state index is 0.00472. The summed E-state index contributed by atoms with van der Waals surface area (Å²) in [5, 5.41) is 21.0. The van der Waals surface area contributed by atoms with Gasteiger partial charge in [-0.2, -0.15) is 0 Å². The van der Waals surface area contributed by atoms with Crippen LogP contribution >= 0.6 is 34.9 Å². The molecule has 10 heteroatoms. The number of fused-ring (bicyclic) bond motifs is 1. The van der Waals surface area contributed by atoms with Crippen LogP contribution in [-0.4, -0.2) is 43.5 Å². The first-order valence-electron chi connectivity index (χ1n) is 6.38. The molecule has 118 valence electrons. The van der Waals surface area contributed by atoms with Crippen LogP contribution < -0.4 is 5.73 Å². The summed E-state index contributed by atoms with van der Waals surface area (Å²) in [4.78, 5) is 28.9. The van der Waals surface area contributed by atoms with Gasteiger partial charge >= 0.3 is 5.97 Å². The van der Waals surface area contributed by atoms with E-state index in [0.717, 1.165) is 5.69 Å². The van der Waals surface area contributed by atoms with E-state index in [-0.39, 0.29) is 17.0 Å². The fraction of sp³-hybridized carbons (Fsp3) is 0.417. The second-order valence-corrected chi connectivity index (χ2v) is 8.15. The smallest absolute Gasteiger partial charge is 0.354 e. The summed E-state index contributed by atoms with van der Waals surface area (Å²) in [6.45, 7) is 1.55. The molecule has 22 heavy (non-hydrogen) atoms. The van der Waals surface area contributed by atoms with E-state index in [4.69, 9.17) is 5.73 Å². The quantitative estimate of drug-likeness (QED) is 0.670. The van der Waals surface area contributed by atoms with Crippen molar-refractivity contribution in [1.29, 1.82) is 0 Å². The predicted octanol–water partition coefficient (Wildman–Crippen LogP) is 1.12. The predicted molar refractivity (Wildman–Crippen MR) is 85.9 cm³/mol. The number of hydrogen-bond donors (Lipinski definition) is 3. The number of thiazole rings is 1. The van der Waals surface area contributed by atoms with Crippen LogP contribution in [0.2, 0.25) is 0 Å². The van der Waals surface area contributed by atoms with E-state index in [1.54, 1.807) is 6.92 Å². The van der Waals surface area contributed by atoms with Gasteiger partial charge in [0.25, 0.3) is 0 Å². The van der Waals surface area contributed by atoms with Gasteiger partial charge < -0.3 is 15.9 Å². The molecule has 1 fully saturated rings. The van der Waals surface area contributed by atoms with Crippen molar-refractivity contribution in [2.45, 2.75) is 24.2 Å². The van der Waals surface area contributed by atoms with Gasteiger partial charge in [-0.3, -0.25) is 9.69 Å². The molecule has 0 bridgehead atoms. The van der Waals surface area contributed by atoms with Gasteiger partial charge in [0.15, 0.2) is 10.8 Å². The summed E-state index contributed by atoms with van der Waals surface area (Å²) in [5.41, 5.74) is 6.35. The Bertz CT molecular complexity index is 672. The maximum absolute atomic E-state index is 12.0. The highest BCUT2D eigenvalue weighted by molar-refractivity contribution is 8.22. The minimum Gasteiger partial charge on any atom is -0.477 e. The van der Waals surface area contributed by atoms with E-state index in [1.807, 2.05) is 5.38 Å². The number of aromatic nitrogens is 1. The topological polar surface area (TPSA) is 117 Å². The number of thioether (sulfide) groups is 2. The average Bonchev–Trinajstić information content (AvgIpc) is 2.97. The monoisotopic (exact) mass is 359 g/mol. The summed E-state index contributed by atoms with van der Waals surface area (Å²) in [6.07, 6.45) is -0.793. The third-order valence-electron chi connectivity index (χ3n) is 3.39. The number of nitrogen functional groups attached to an aromatic ring is 1. The van der Waals surface area contributed by atoms with Crippen LogP contribution in [0.25, 0.3) is 0 Å². The number of β-lactam (4-membered cyclic amide) rings is 1. The molecule has 2 aliphatic rings. The molecule has 3 heterocycles. The molecule has 0 aromatic carbocycles. The normalized spacial score (nSPS) is 25.2. The van der Waals surface area contributed by atoms with E-state index < -0.39 is 18.0 Å². The van der Waals surface area contributed by atoms with E-state index in [2.05, 4.69) is 4.98 Å². The van der Waals surface area contributed by atoms with E-state index in [1.165, 1.54) is 39.8 Å². The molecule has 0 radical (unpaired) electrons. The standard InChI is InChI=1S/C12H13N3O4S3/c1-4(16)6-8(17)15-7(10(18)19)11(22-9(6)15)20-2-5-3-21-12(13)14-5/h3-4,6,9,16H,2H2,1H3,(H2,13,14)(H,18,19)/t4?,6?,9-/m1/s1. The molecule has 3 rings (SSSR count). The lowest BCUT2D eigenvalue weighted by Gasteiger charge is -2.43. The highest BCUT2D eigenvalue weighted by atomic mass is 32.2. The second kappa shape index (κ2) is 5.76. The summed E-state index contributed by atoms with van der Waals surface area (Å²) >= 11 is 3.97. The van der Waals surface area contributed by atoms with Crippen molar-refractivity contribution in [1.82, 2.24) is 9.88 Å². The van der Waals surface area contributed by atoms with Crippen molar-refractivity contribution in [2.24, 2.45) is 5.92 Å². The molecule has 1 saturated heterocycles. The Morgan fingerprint density at radius 1 is 1.64 bits per heavy atom. The first-order valence-corrected chi connectivity index (χ1v) is 9.12. The number of nitrogens with zero attached hydrogens (tertiary/aromatic N) is 2. The number of hydrogen-bond acceptors (Lipinski definition) is 8. The van der Waals surface area contributed by atoms with E-state index in [9.17, 15) is 19.8 Å². The number of amides is 1. The van der Waals surface area contributed by atoms with Crippen LogP contribution in [0.1, 0.15) is 12.6 Å². The summed E-state index contributed by atoms with van der Waals surface area (Å²) in [5.74, 6) is -1.53. The van der Waals surface area contributed by atoms with E-state index >= 15 is 0 Å². The van der Waals surface area contributed by atoms with Gasteiger partial charge in [-0.1, -0.05) is 11.8 Å². The Morgan fingerprint density at radius 2 is 2.36 bits per heavy atom. The first-order chi connectivity index (χ1) is 10.4. The number of aliphatic hydroxyl groups is 1. The Kier molecular flexibility index (Phi) is 4.10. The number of aliphatic carboxylic acids is 1. The lowest BCUT2D eigenvalue weighted by Crippen LogP contribution is -2.60. The van der Waals surface area contributed by atoms with Crippen LogP contribution in [0, 0.1) is 5.92 Å². The van der Waals surface area contributed by atoms with Crippen molar-refractivity contribution >= 4 is 51.9 Å². The van der Waals surface area contributed by atoms with Gasteiger partial charge in [-0.15, -0.1) is 23.1 Å². The zero-order valence-corrected chi connectivity index (χ0v) is 13.9. The maximum atomic E-state index is 12.0. The zero-order chi connectivity index (χ0) is 16.0. The SMILES string of the molecule is CC(O)C1C(=O)N2C(C(=O)O)=C(SCc3csc(N)n3)S[C@H]12. The molecule has 2 unspecified atom stereocenters. The van der Waals surface area contributed by atoms with Crippen LogP contribution in [0.5, 0.6) is 0 Å². The van der Waals surface area contributed by atoms with Gasteiger partial charge in [0, 0.05) is 11.1 Å². The third kappa shape index (κ3) is 2.49. The van der Waals surface area contributed by atoms with Gasteiger partial charge in [0.2, 0.25) is 5.91 Å². The highest BCUT2D eigenvalue weighted by Crippen LogP contribution is 2.54. The number of nitrogens with two attached hydrogens (primary N) is 1. The second-order valence-electron chi connectivity index (χ2n) is 4.89. The molecule has 3 atom stereocenters. The van der Waals surface area contributed by atoms with Crippen LogP contribution in [0.3, 0.4) is 0 Å². The highest BCUT2D eigenvalue weighted by Gasteiger charge is 2.57. The Morgan fingerprint density at radius 3 is 2.91 bits per heavy atom. The summed E-state index contributed by atoms with van der Waals surface area (Å²) in [7, 11) is 0. The van der Waals surface area contributed by atoms with Gasteiger partial charge in [0.1, 0.15) is 5.37 Å². The molecule has 0 aliphatic carbocycles. The van der Waals surface area contributed by atoms with Crippen molar-refractivity contribution in [2.75, 3.05) is 5.73 Å². The molecular formula is C12H13N3O4S3. The average molecular weight is 359 g/mol. The molecule has 1 aromatic rings. The Labute approximate surface area is 138 Å². The molecule has 1 aromatic heterocycles. The molecular weight excluding hydrogens is 346 g/mol. The number of carboxylic acids is 1. The molecule has 2 aliphatic heterocycles. The number of aliphatic hydroxyl groups excluding tert-OH is 1. The van der Waals surface area contributed by atoms with Crippen molar-refractivity contribution < 1.29 is 19.8 Å². The number of anilines is 1. The fourth-order valence-corrected chi connectivity index (χ4v) is 5.86. The summed E-state index contributed by atoms with van der Waals surface area (Å²) in [6, 6.07) is 0. The van der Waals surface area contributed by atoms with Gasteiger partial charge in [0.05, 0.1) is 22.0 Å². The first kappa shape index (κ1) is 15.7. The van der Waals surface area contributed by atoms with Crippen LogP contribution in [0.4, 0.5) is 5.13 Å². The largest absolute Gasteiger partial charge is 0.477 e. The number of carboxylic acid groups (broad SMARTS) is 1. The minimum atomic E-state index is -1.13. The van der Waals surface area contributed by atoms with Gasteiger partial charge in [-0.05, 0) is 6.92 Å². The van der Waals surface area contributed by atoms with Crippen molar-refractivity contribution in [3.05, 3.63) is 21.0 Å². The lowest BCUT2D eigenvalue weighted by molar-refractivity contribution is -0.156. The van der Waals surface area contributed by atoms with E-state index in [0.29, 0.717) is 15.1 Å². The molecule has 7 nitrogen and oxygen atoms in total. The Balaban J connectivity index is 1.78. The molecule has 1 amide bonds.